The van der Waals surface area contributed by atoms with Gasteiger partial charge >= 0.3 is 0 Å². The molecule has 0 saturated heterocycles. The van der Waals surface area contributed by atoms with Crippen LogP contribution >= 0.6 is 11.9 Å². The summed E-state index contributed by atoms with van der Waals surface area (Å²) in [4.78, 5) is 8.72. The summed E-state index contributed by atoms with van der Waals surface area (Å²) >= 11 is 1.62. The molecule has 1 saturated carbocycles. The second kappa shape index (κ2) is 7.73. The summed E-state index contributed by atoms with van der Waals surface area (Å²) in [6.45, 7) is 0. The highest BCUT2D eigenvalue weighted by molar-refractivity contribution is 8.01. The number of H-pyrrole nitrogens is 1. The van der Waals surface area contributed by atoms with Gasteiger partial charge in [-0.2, -0.15) is 5.26 Å². The van der Waals surface area contributed by atoms with E-state index in [9.17, 15) is 0 Å². The first-order valence-electron chi connectivity index (χ1n) is 9.52. The van der Waals surface area contributed by atoms with E-state index in [1.165, 1.54) is 6.39 Å². The third-order valence-electron chi connectivity index (χ3n) is 5.23. The van der Waals surface area contributed by atoms with Gasteiger partial charge in [-0.05, 0) is 49.8 Å². The first kappa shape index (κ1) is 18.0. The maximum absolute atomic E-state index is 9.06. The van der Waals surface area contributed by atoms with Crippen LogP contribution < -0.4 is 10.0 Å². The van der Waals surface area contributed by atoms with E-state index in [0.29, 0.717) is 18.0 Å². The molecule has 3 aromatic heterocycles. The number of aromatic nitrogens is 4. The molecule has 0 spiro atoms. The minimum absolute atomic E-state index is 0.348. The molecule has 2 aliphatic carbocycles. The lowest BCUT2D eigenvalue weighted by atomic mass is 9.87. The number of nitrogens with one attached hydrogen (secondary N) is 3. The molecular formula is C20H19N7OS. The number of nitrogens with zero attached hydrogens (tertiary/aromatic N) is 4. The molecule has 146 valence electrons. The Kier molecular flexibility index (Phi) is 4.79. The van der Waals surface area contributed by atoms with Gasteiger partial charge in [-0.25, -0.2) is 4.98 Å². The van der Waals surface area contributed by atoms with E-state index in [-0.39, 0.29) is 0 Å². The Morgan fingerprint density at radius 3 is 3.07 bits per heavy atom. The van der Waals surface area contributed by atoms with E-state index < -0.39 is 0 Å². The normalized spacial score (nSPS) is 21.2. The fraction of sp³-hybridized carbons (Fsp3) is 0.300. The molecule has 0 aromatic carbocycles. The zero-order valence-corrected chi connectivity index (χ0v) is 16.4. The maximum atomic E-state index is 9.06. The summed E-state index contributed by atoms with van der Waals surface area (Å²) in [5, 5.41) is 21.5. The van der Waals surface area contributed by atoms with Gasteiger partial charge in [0.2, 0.25) is 6.39 Å². The van der Waals surface area contributed by atoms with Crippen molar-refractivity contribution >= 4 is 28.7 Å². The third kappa shape index (κ3) is 3.64. The van der Waals surface area contributed by atoms with E-state index in [1.54, 1.807) is 18.1 Å². The molecule has 3 heterocycles. The van der Waals surface area contributed by atoms with Crippen molar-refractivity contribution in [3.63, 3.8) is 0 Å². The fourth-order valence-electron chi connectivity index (χ4n) is 3.64. The van der Waals surface area contributed by atoms with Crippen LogP contribution in [0.3, 0.4) is 0 Å². The summed E-state index contributed by atoms with van der Waals surface area (Å²) in [6, 6.07) is 5.03. The van der Waals surface area contributed by atoms with Crippen LogP contribution in [0.25, 0.3) is 22.5 Å². The zero-order valence-electron chi connectivity index (χ0n) is 15.6. The van der Waals surface area contributed by atoms with Crippen molar-refractivity contribution in [2.45, 2.75) is 37.8 Å². The van der Waals surface area contributed by atoms with Crippen molar-refractivity contribution in [1.29, 1.82) is 5.26 Å². The van der Waals surface area contributed by atoms with Crippen LogP contribution in [-0.2, 0) is 0 Å². The Bertz CT molecular complexity index is 1120. The van der Waals surface area contributed by atoms with Crippen molar-refractivity contribution in [2.75, 3.05) is 5.32 Å². The standard InChI is InChI=1S/C20H19N7OS/c21-9-12-2-1-3-15(6-12)29-27-14-7-13(8-14)25-18-16-4-5-22-19(16)23-10-17(18)20-26-24-11-28-20/h3-6,10-11,13-14,27H,1-2,7-8H2,(H2,22,23,25). The number of fused-ring (bicyclic) bond motifs is 1. The summed E-state index contributed by atoms with van der Waals surface area (Å²) in [6.07, 6.45) is 12.9. The molecule has 9 heteroatoms. The first-order chi connectivity index (χ1) is 14.3. The molecule has 0 bridgehead atoms. The maximum Gasteiger partial charge on any atom is 0.251 e. The van der Waals surface area contributed by atoms with Gasteiger partial charge in [-0.15, -0.1) is 10.2 Å². The second-order valence-corrected chi connectivity index (χ2v) is 8.10. The van der Waals surface area contributed by atoms with Crippen molar-refractivity contribution in [3.8, 4) is 17.5 Å². The lowest BCUT2D eigenvalue weighted by molar-refractivity contribution is 0.355. The number of anilines is 1. The van der Waals surface area contributed by atoms with Crippen LogP contribution in [0.15, 0.2) is 51.9 Å². The Labute approximate surface area is 171 Å². The molecule has 8 nitrogen and oxygen atoms in total. The monoisotopic (exact) mass is 405 g/mol. The van der Waals surface area contributed by atoms with E-state index in [0.717, 1.165) is 58.4 Å². The van der Waals surface area contributed by atoms with Crippen LogP contribution in [0, 0.1) is 11.3 Å². The van der Waals surface area contributed by atoms with Gasteiger partial charge in [0.05, 0.1) is 17.3 Å². The van der Waals surface area contributed by atoms with E-state index in [1.807, 2.05) is 18.3 Å². The average Bonchev–Trinajstić information content (AvgIpc) is 3.41. The highest BCUT2D eigenvalue weighted by Crippen LogP contribution is 2.36. The zero-order chi connectivity index (χ0) is 19.6. The number of hydrogen-bond acceptors (Lipinski definition) is 8. The number of aromatic amines is 1. The van der Waals surface area contributed by atoms with Gasteiger partial charge in [-0.3, -0.25) is 4.72 Å². The Hall–Kier alpha value is -3.09. The van der Waals surface area contributed by atoms with Gasteiger partial charge in [0.1, 0.15) is 5.65 Å². The second-order valence-electron chi connectivity index (χ2n) is 7.19. The van der Waals surface area contributed by atoms with Crippen LogP contribution in [0.2, 0.25) is 0 Å². The average molecular weight is 405 g/mol. The van der Waals surface area contributed by atoms with Crippen LogP contribution in [0.1, 0.15) is 25.7 Å². The van der Waals surface area contributed by atoms with Crippen molar-refractivity contribution < 1.29 is 4.42 Å². The summed E-state index contributed by atoms with van der Waals surface area (Å²) in [5.41, 5.74) is 3.45. The van der Waals surface area contributed by atoms with Gasteiger partial charge in [0.15, 0.2) is 0 Å². The predicted octanol–water partition coefficient (Wildman–Crippen LogP) is 3.92. The fourth-order valence-corrected chi connectivity index (χ4v) is 4.53. The molecule has 0 amide bonds. The van der Waals surface area contributed by atoms with Crippen LogP contribution in [0.4, 0.5) is 5.69 Å². The van der Waals surface area contributed by atoms with Gasteiger partial charge in [-0.1, -0.05) is 6.08 Å². The first-order valence-corrected chi connectivity index (χ1v) is 10.3. The number of allylic oxidation sites excluding steroid dienone is 3. The minimum Gasteiger partial charge on any atom is -0.423 e. The Morgan fingerprint density at radius 2 is 2.24 bits per heavy atom. The Balaban J connectivity index is 1.24. The number of nitriles is 1. The molecule has 3 aromatic rings. The Morgan fingerprint density at radius 1 is 1.31 bits per heavy atom. The topological polar surface area (TPSA) is 115 Å². The quantitative estimate of drug-likeness (QED) is 0.529. The van der Waals surface area contributed by atoms with Gasteiger partial charge < -0.3 is 14.7 Å². The van der Waals surface area contributed by atoms with Crippen molar-refractivity contribution in [2.24, 2.45) is 0 Å². The molecule has 0 atom stereocenters. The lowest BCUT2D eigenvalue weighted by Gasteiger charge is -2.37. The molecule has 5 rings (SSSR count). The number of rotatable bonds is 6. The van der Waals surface area contributed by atoms with Crippen molar-refractivity contribution in [1.82, 2.24) is 24.9 Å². The SMILES string of the molecule is N#CC1=CC(SNC2CC(Nc3c(-c4nnco4)cnc4[nH]ccc34)C2)=CCC1. The number of hydrogen-bond donors (Lipinski definition) is 3. The lowest BCUT2D eigenvalue weighted by Crippen LogP contribution is -2.45. The largest absolute Gasteiger partial charge is 0.423 e. The smallest absolute Gasteiger partial charge is 0.251 e. The van der Waals surface area contributed by atoms with Gasteiger partial charge in [0.25, 0.3) is 5.89 Å². The predicted molar refractivity (Wildman–Crippen MR) is 112 cm³/mol. The van der Waals surface area contributed by atoms with E-state index >= 15 is 0 Å². The van der Waals surface area contributed by atoms with E-state index in [2.05, 4.69) is 42.3 Å². The highest BCUT2D eigenvalue weighted by atomic mass is 32.2. The van der Waals surface area contributed by atoms with Crippen LogP contribution in [-0.4, -0.2) is 32.2 Å². The van der Waals surface area contributed by atoms with Crippen molar-refractivity contribution in [3.05, 3.63) is 47.5 Å². The molecule has 2 aliphatic rings. The molecule has 29 heavy (non-hydrogen) atoms. The minimum atomic E-state index is 0.348. The number of pyridine rings is 1. The molecular weight excluding hydrogens is 386 g/mol. The summed E-state index contributed by atoms with van der Waals surface area (Å²) < 4.78 is 8.92. The van der Waals surface area contributed by atoms with Gasteiger partial charge in [0, 0.05) is 40.3 Å². The summed E-state index contributed by atoms with van der Waals surface area (Å²) in [7, 11) is 0. The molecule has 0 unspecified atom stereocenters. The molecule has 0 aliphatic heterocycles. The van der Waals surface area contributed by atoms with Crippen LogP contribution in [0.5, 0.6) is 0 Å². The molecule has 0 radical (unpaired) electrons. The van der Waals surface area contributed by atoms with E-state index in [4.69, 9.17) is 9.68 Å². The molecule has 3 N–H and O–H groups in total. The summed E-state index contributed by atoms with van der Waals surface area (Å²) in [5.74, 6) is 0.456. The highest BCUT2D eigenvalue weighted by Gasteiger charge is 2.30. The third-order valence-corrected chi connectivity index (χ3v) is 6.20. The molecule has 1 fully saturated rings.